The number of amides is 1. The third kappa shape index (κ3) is 1.63. The first kappa shape index (κ1) is 12.1. The number of hydrogen-bond acceptors (Lipinski definition) is 3. The number of halogens is 2. The van der Waals surface area contributed by atoms with E-state index in [2.05, 4.69) is 15.6 Å². The summed E-state index contributed by atoms with van der Waals surface area (Å²) in [5.74, 6) is -0.944. The Bertz CT molecular complexity index is 735. The number of hydrogen-bond donors (Lipinski definition) is 1. The highest BCUT2D eigenvalue weighted by atomic mass is 35.5. The van der Waals surface area contributed by atoms with Crippen molar-refractivity contribution in [1.82, 2.24) is 15.0 Å². The minimum atomic E-state index is -0.899. The van der Waals surface area contributed by atoms with Crippen molar-refractivity contribution in [3.8, 4) is 0 Å². The van der Waals surface area contributed by atoms with E-state index < -0.39 is 11.4 Å². The molecule has 0 atom stereocenters. The maximum atomic E-state index is 14.1. The molecule has 1 aliphatic rings. The van der Waals surface area contributed by atoms with Gasteiger partial charge in [0.25, 0.3) is 5.91 Å². The summed E-state index contributed by atoms with van der Waals surface area (Å²) < 4.78 is 15.4. The Morgan fingerprint density at radius 1 is 1.42 bits per heavy atom. The molecule has 2 aromatic rings. The molecule has 98 valence electrons. The summed E-state index contributed by atoms with van der Waals surface area (Å²) in [6, 6.07) is 3.29. The maximum Gasteiger partial charge on any atom is 0.251 e. The van der Waals surface area contributed by atoms with Gasteiger partial charge >= 0.3 is 0 Å². The van der Waals surface area contributed by atoms with Crippen molar-refractivity contribution < 1.29 is 9.18 Å². The van der Waals surface area contributed by atoms with E-state index in [0.717, 1.165) is 0 Å². The van der Waals surface area contributed by atoms with Crippen LogP contribution in [0.25, 0.3) is 5.52 Å². The third-order valence-corrected chi connectivity index (χ3v) is 3.44. The highest BCUT2D eigenvalue weighted by Crippen LogP contribution is 2.30. The highest BCUT2D eigenvalue weighted by molar-refractivity contribution is 6.30. The molecule has 0 spiro atoms. The lowest BCUT2D eigenvalue weighted by molar-refractivity contribution is -0.125. The van der Waals surface area contributed by atoms with Gasteiger partial charge in [0.05, 0.1) is 27.2 Å². The Morgan fingerprint density at radius 3 is 2.79 bits per heavy atom. The van der Waals surface area contributed by atoms with E-state index in [1.165, 1.54) is 10.7 Å². The topological polar surface area (TPSA) is 58.8 Å². The summed E-state index contributed by atoms with van der Waals surface area (Å²) in [7, 11) is 0. The van der Waals surface area contributed by atoms with Crippen LogP contribution in [0.3, 0.4) is 0 Å². The van der Waals surface area contributed by atoms with Crippen LogP contribution in [-0.4, -0.2) is 21.2 Å². The maximum absolute atomic E-state index is 14.1. The second-order valence-corrected chi connectivity index (χ2v) is 5.31. The smallest absolute Gasteiger partial charge is 0.251 e. The Morgan fingerprint density at radius 2 is 2.16 bits per heavy atom. The molecule has 3 rings (SSSR count). The molecule has 0 aliphatic carbocycles. The van der Waals surface area contributed by atoms with Crippen molar-refractivity contribution >= 4 is 28.7 Å². The van der Waals surface area contributed by atoms with Crippen LogP contribution >= 0.6 is 11.6 Å². The predicted molar refractivity (Wildman–Crippen MR) is 68.6 cm³/mol. The van der Waals surface area contributed by atoms with Gasteiger partial charge in [-0.3, -0.25) is 4.79 Å². The van der Waals surface area contributed by atoms with Crippen molar-refractivity contribution in [3.63, 3.8) is 0 Å². The van der Waals surface area contributed by atoms with Gasteiger partial charge in [-0.15, -0.1) is 5.10 Å². The van der Waals surface area contributed by atoms with Crippen molar-refractivity contribution in [1.29, 1.82) is 0 Å². The monoisotopic (exact) mass is 280 g/mol. The van der Waals surface area contributed by atoms with Gasteiger partial charge in [-0.05, 0) is 26.0 Å². The Kier molecular flexibility index (Phi) is 2.40. The second-order valence-electron chi connectivity index (χ2n) is 4.87. The zero-order valence-corrected chi connectivity index (χ0v) is 11.0. The Balaban J connectivity index is 2.27. The quantitative estimate of drug-likeness (QED) is 0.868. The molecule has 0 unspecified atom stereocenters. The third-order valence-electron chi connectivity index (χ3n) is 3.22. The van der Waals surface area contributed by atoms with Crippen LogP contribution in [0.5, 0.6) is 0 Å². The van der Waals surface area contributed by atoms with E-state index in [1.807, 2.05) is 0 Å². The molecule has 2 aromatic heterocycles. The van der Waals surface area contributed by atoms with Gasteiger partial charge in [-0.1, -0.05) is 11.6 Å². The number of carbonyl (C=O) groups is 1. The fourth-order valence-corrected chi connectivity index (χ4v) is 2.23. The van der Waals surface area contributed by atoms with Crippen LogP contribution in [0.15, 0.2) is 23.4 Å². The van der Waals surface area contributed by atoms with E-state index in [4.69, 9.17) is 11.6 Å². The molecule has 3 heterocycles. The number of aromatic nitrogens is 2. The molecule has 1 amide bonds. The van der Waals surface area contributed by atoms with Crippen LogP contribution in [0.1, 0.15) is 19.4 Å². The largest absolute Gasteiger partial charge is 0.272 e. The van der Waals surface area contributed by atoms with Gasteiger partial charge in [0.15, 0.2) is 0 Å². The van der Waals surface area contributed by atoms with Gasteiger partial charge in [-0.2, -0.15) is 9.49 Å². The van der Waals surface area contributed by atoms with Crippen molar-refractivity contribution in [2.75, 3.05) is 0 Å². The van der Waals surface area contributed by atoms with Gasteiger partial charge in [0.2, 0.25) is 5.95 Å². The molecule has 1 aliphatic heterocycles. The van der Waals surface area contributed by atoms with Crippen molar-refractivity contribution in [2.45, 2.75) is 13.8 Å². The fourth-order valence-electron chi connectivity index (χ4n) is 2.08. The van der Waals surface area contributed by atoms with Crippen LogP contribution in [-0.2, 0) is 4.79 Å². The molecule has 19 heavy (non-hydrogen) atoms. The molecular formula is C12H10ClFN4O. The minimum absolute atomic E-state index is 0.222. The molecule has 5 nitrogen and oxygen atoms in total. The average Bonchev–Trinajstić information content (AvgIpc) is 2.77. The van der Waals surface area contributed by atoms with E-state index >= 15 is 0 Å². The number of rotatable bonds is 1. The number of carbonyl (C=O) groups excluding carboxylic acids is 1. The number of nitrogens with zero attached hydrogens (tertiary/aromatic N) is 3. The minimum Gasteiger partial charge on any atom is -0.272 e. The summed E-state index contributed by atoms with van der Waals surface area (Å²) in [4.78, 5) is 11.7. The van der Waals surface area contributed by atoms with Crippen LogP contribution in [0.4, 0.5) is 4.39 Å². The first-order chi connectivity index (χ1) is 8.91. The summed E-state index contributed by atoms with van der Waals surface area (Å²) in [5, 5.41) is 8.14. The molecule has 0 fully saturated rings. The number of nitrogens with one attached hydrogen (secondary N) is 1. The van der Waals surface area contributed by atoms with E-state index in [-0.39, 0.29) is 11.5 Å². The predicted octanol–water partition coefficient (Wildman–Crippen LogP) is 1.99. The summed E-state index contributed by atoms with van der Waals surface area (Å²) >= 11 is 5.84. The summed E-state index contributed by atoms with van der Waals surface area (Å²) in [6.07, 6.45) is 1.50. The number of hydrazone groups is 1. The first-order valence-corrected chi connectivity index (χ1v) is 6.01. The van der Waals surface area contributed by atoms with Gasteiger partial charge in [0.1, 0.15) is 0 Å². The fraction of sp³-hybridized carbons (Fsp3) is 0.250. The first-order valence-electron chi connectivity index (χ1n) is 5.63. The summed E-state index contributed by atoms with van der Waals surface area (Å²) in [5.41, 5.74) is 2.55. The number of pyridine rings is 1. The molecule has 0 saturated carbocycles. The average molecular weight is 281 g/mol. The summed E-state index contributed by atoms with van der Waals surface area (Å²) in [6.45, 7) is 3.38. The lowest BCUT2D eigenvalue weighted by atomic mass is 9.84. The molecule has 0 saturated heterocycles. The SMILES string of the molecule is CC1(C)C(=O)NN=C1c1c(F)nn2cc(Cl)ccc12. The molecule has 0 aromatic carbocycles. The highest BCUT2D eigenvalue weighted by Gasteiger charge is 2.42. The number of fused-ring (bicyclic) bond motifs is 1. The van der Waals surface area contributed by atoms with E-state index in [0.29, 0.717) is 16.3 Å². The van der Waals surface area contributed by atoms with E-state index in [9.17, 15) is 9.18 Å². The van der Waals surface area contributed by atoms with Crippen LogP contribution in [0.2, 0.25) is 5.02 Å². The molecule has 0 bridgehead atoms. The molecule has 7 heteroatoms. The lowest BCUT2D eigenvalue weighted by Crippen LogP contribution is -2.32. The zero-order valence-electron chi connectivity index (χ0n) is 10.2. The molecule has 1 N–H and O–H groups in total. The van der Waals surface area contributed by atoms with Gasteiger partial charge in [0, 0.05) is 6.20 Å². The normalized spacial score (nSPS) is 17.7. The molecular weight excluding hydrogens is 271 g/mol. The van der Waals surface area contributed by atoms with Crippen LogP contribution in [0, 0.1) is 11.4 Å². The Labute approximate surface area is 113 Å². The second kappa shape index (κ2) is 3.77. The van der Waals surface area contributed by atoms with Gasteiger partial charge < -0.3 is 0 Å². The van der Waals surface area contributed by atoms with E-state index in [1.54, 1.807) is 26.0 Å². The van der Waals surface area contributed by atoms with Crippen LogP contribution < -0.4 is 5.43 Å². The zero-order chi connectivity index (χ0) is 13.8. The standard InChI is InChI=1S/C12H10ClFN4O/c1-12(2)9(15-16-11(12)19)8-7-4-3-6(13)5-18(7)17-10(8)14/h3-5H,1-2H3,(H,16,19). The lowest BCUT2D eigenvalue weighted by Gasteiger charge is -2.15. The van der Waals surface area contributed by atoms with Gasteiger partial charge in [-0.25, -0.2) is 9.94 Å². The molecule has 0 radical (unpaired) electrons. The Hall–Kier alpha value is -1.95. The van der Waals surface area contributed by atoms with Crippen molar-refractivity contribution in [3.05, 3.63) is 34.9 Å². The van der Waals surface area contributed by atoms with Crippen molar-refractivity contribution in [2.24, 2.45) is 10.5 Å².